The van der Waals surface area contributed by atoms with Crippen LogP contribution in [0, 0.1) is 5.41 Å². The summed E-state index contributed by atoms with van der Waals surface area (Å²) in [6.07, 6.45) is 0.917. The zero-order chi connectivity index (χ0) is 14.8. The van der Waals surface area contributed by atoms with E-state index in [1.807, 2.05) is 0 Å². The zero-order valence-electron chi connectivity index (χ0n) is 10.2. The Morgan fingerprint density at radius 1 is 1.42 bits per heavy atom. The molecular formula is C10H13Cl4N3O2. The van der Waals surface area contributed by atoms with Gasteiger partial charge < -0.3 is 5.11 Å². The van der Waals surface area contributed by atoms with Crippen LogP contribution in [0.5, 0.6) is 0 Å². The van der Waals surface area contributed by atoms with Gasteiger partial charge in [-0.2, -0.15) is 5.10 Å². The molecule has 0 saturated heterocycles. The molecule has 0 amide bonds. The van der Waals surface area contributed by atoms with E-state index in [2.05, 4.69) is 10.1 Å². The fourth-order valence-corrected chi connectivity index (χ4v) is 1.90. The van der Waals surface area contributed by atoms with Gasteiger partial charge in [0.1, 0.15) is 24.8 Å². The summed E-state index contributed by atoms with van der Waals surface area (Å²) in [7, 11) is 0. The number of rotatable bonds is 5. The first kappa shape index (κ1) is 17.0. The fourth-order valence-electron chi connectivity index (χ4n) is 1.41. The highest BCUT2D eigenvalue weighted by Gasteiger charge is 2.46. The predicted octanol–water partition coefficient (Wildman–Crippen LogP) is 2.38. The molecule has 1 aromatic rings. The number of hydrogen-bond donors (Lipinski definition) is 1. The van der Waals surface area contributed by atoms with E-state index in [4.69, 9.17) is 46.4 Å². The van der Waals surface area contributed by atoms with Gasteiger partial charge in [0.25, 0.3) is 0 Å². The largest absolute Gasteiger partial charge is 0.386 e. The van der Waals surface area contributed by atoms with Crippen LogP contribution in [0.15, 0.2) is 12.7 Å². The Hall–Kier alpha value is -0.0700. The summed E-state index contributed by atoms with van der Waals surface area (Å²) in [5.74, 6) is -0.337. The van der Waals surface area contributed by atoms with Crippen molar-refractivity contribution in [2.75, 3.05) is 5.88 Å². The van der Waals surface area contributed by atoms with Crippen molar-refractivity contribution in [1.82, 2.24) is 14.8 Å². The van der Waals surface area contributed by atoms with E-state index in [1.54, 1.807) is 13.8 Å². The lowest BCUT2D eigenvalue weighted by Crippen LogP contribution is -2.45. The van der Waals surface area contributed by atoms with Gasteiger partial charge in [0.15, 0.2) is 5.78 Å². The van der Waals surface area contributed by atoms with Crippen molar-refractivity contribution in [3.63, 3.8) is 0 Å². The van der Waals surface area contributed by atoms with Crippen molar-refractivity contribution in [2.45, 2.75) is 29.8 Å². The van der Waals surface area contributed by atoms with Gasteiger partial charge in [0.2, 0.25) is 3.79 Å². The average Bonchev–Trinajstić information content (AvgIpc) is 2.81. The second-order valence-electron chi connectivity index (χ2n) is 4.69. The molecule has 0 fully saturated rings. The molecule has 0 aromatic carbocycles. The van der Waals surface area contributed by atoms with Crippen molar-refractivity contribution in [3.8, 4) is 0 Å². The molecule has 1 heterocycles. The maximum absolute atomic E-state index is 12.5. The molecule has 0 radical (unpaired) electrons. The van der Waals surface area contributed by atoms with Gasteiger partial charge in [-0.15, -0.1) is 11.6 Å². The molecule has 0 aliphatic carbocycles. The lowest BCUT2D eigenvalue weighted by molar-refractivity contribution is -0.133. The number of carbonyl (C=O) groups excluding carboxylic acids is 1. The summed E-state index contributed by atoms with van der Waals surface area (Å²) in [6.45, 7) is 3.27. The molecule has 0 aliphatic rings. The Morgan fingerprint density at radius 2 is 2.00 bits per heavy atom. The lowest BCUT2D eigenvalue weighted by atomic mass is 9.84. The van der Waals surface area contributed by atoms with Gasteiger partial charge in [-0.05, 0) is 0 Å². The molecule has 0 spiro atoms. The third-order valence-electron chi connectivity index (χ3n) is 2.63. The number of alkyl halides is 4. The summed E-state index contributed by atoms with van der Waals surface area (Å²) >= 11 is 22.8. The van der Waals surface area contributed by atoms with E-state index in [0.717, 1.165) is 4.68 Å². The Morgan fingerprint density at radius 3 is 2.37 bits per heavy atom. The number of hydrogen-bond acceptors (Lipinski definition) is 4. The summed E-state index contributed by atoms with van der Waals surface area (Å²) < 4.78 is -0.877. The summed E-state index contributed by atoms with van der Waals surface area (Å²) in [5, 5.41) is 13.9. The number of Topliss-reactive ketones (excluding diaryl/α,β-unsaturated/α-hetero) is 1. The van der Waals surface area contributed by atoms with E-state index in [-0.39, 0.29) is 5.88 Å². The van der Waals surface area contributed by atoms with Crippen LogP contribution < -0.4 is 0 Å². The van der Waals surface area contributed by atoms with Gasteiger partial charge in [0.05, 0.1) is 0 Å². The van der Waals surface area contributed by atoms with Crippen LogP contribution in [-0.2, 0) is 4.79 Å². The van der Waals surface area contributed by atoms with Gasteiger partial charge in [-0.3, -0.25) is 4.79 Å². The van der Waals surface area contributed by atoms with E-state index in [0.29, 0.717) is 0 Å². The number of halogens is 4. The molecule has 1 rings (SSSR count). The Labute approximate surface area is 130 Å². The van der Waals surface area contributed by atoms with E-state index in [1.165, 1.54) is 12.7 Å². The van der Waals surface area contributed by atoms with Crippen LogP contribution in [0.3, 0.4) is 0 Å². The molecule has 0 aliphatic heterocycles. The Kier molecular flexibility index (Phi) is 5.49. The Balaban J connectivity index is 3.19. The minimum atomic E-state index is -2.03. The summed E-state index contributed by atoms with van der Waals surface area (Å²) in [5.41, 5.74) is -0.908. The van der Waals surface area contributed by atoms with Crippen molar-refractivity contribution < 1.29 is 9.90 Å². The third-order valence-corrected chi connectivity index (χ3v) is 3.96. The van der Waals surface area contributed by atoms with Crippen LogP contribution in [0.4, 0.5) is 0 Å². The number of aliphatic hydroxyl groups excluding tert-OH is 1. The highest BCUT2D eigenvalue weighted by molar-refractivity contribution is 6.68. The SMILES string of the molecule is CC(C)(CCl)C(=O)C(C(O)C(Cl)(Cl)Cl)n1cncn1. The van der Waals surface area contributed by atoms with Crippen molar-refractivity contribution in [1.29, 1.82) is 0 Å². The molecule has 108 valence electrons. The Bertz CT molecular complexity index is 430. The minimum Gasteiger partial charge on any atom is -0.386 e. The molecule has 0 saturated carbocycles. The first-order valence-electron chi connectivity index (χ1n) is 5.30. The second-order valence-corrected chi connectivity index (χ2v) is 7.32. The van der Waals surface area contributed by atoms with Crippen molar-refractivity contribution in [3.05, 3.63) is 12.7 Å². The average molecular weight is 349 g/mol. The normalized spacial score (nSPS) is 16.2. The number of ketones is 1. The topological polar surface area (TPSA) is 68.0 Å². The lowest BCUT2D eigenvalue weighted by Gasteiger charge is -2.32. The fraction of sp³-hybridized carbons (Fsp3) is 0.700. The maximum atomic E-state index is 12.5. The highest BCUT2D eigenvalue weighted by Crippen LogP contribution is 2.38. The predicted molar refractivity (Wildman–Crippen MR) is 74.9 cm³/mol. The van der Waals surface area contributed by atoms with Gasteiger partial charge in [-0.1, -0.05) is 48.7 Å². The van der Waals surface area contributed by atoms with Gasteiger partial charge in [0, 0.05) is 11.3 Å². The van der Waals surface area contributed by atoms with Gasteiger partial charge >= 0.3 is 0 Å². The molecule has 9 heteroatoms. The van der Waals surface area contributed by atoms with Crippen LogP contribution in [0.2, 0.25) is 0 Å². The third kappa shape index (κ3) is 3.95. The molecule has 0 bridgehead atoms. The zero-order valence-corrected chi connectivity index (χ0v) is 13.2. The van der Waals surface area contributed by atoms with Crippen molar-refractivity contribution in [2.24, 2.45) is 5.41 Å². The number of nitrogens with zero attached hydrogens (tertiary/aromatic N) is 3. The van der Waals surface area contributed by atoms with Crippen LogP contribution >= 0.6 is 46.4 Å². The molecule has 19 heavy (non-hydrogen) atoms. The smallest absolute Gasteiger partial charge is 0.218 e. The maximum Gasteiger partial charge on any atom is 0.218 e. The number of carbonyl (C=O) groups is 1. The number of aromatic nitrogens is 3. The molecular weight excluding hydrogens is 336 g/mol. The second kappa shape index (κ2) is 6.14. The quantitative estimate of drug-likeness (QED) is 0.829. The molecule has 2 atom stereocenters. The summed E-state index contributed by atoms with van der Waals surface area (Å²) in [4.78, 5) is 16.2. The molecule has 1 N–H and O–H groups in total. The number of aliphatic hydroxyl groups is 1. The molecule has 2 unspecified atom stereocenters. The van der Waals surface area contributed by atoms with Gasteiger partial charge in [-0.25, -0.2) is 9.67 Å². The van der Waals surface area contributed by atoms with Crippen molar-refractivity contribution >= 4 is 52.2 Å². The van der Waals surface area contributed by atoms with E-state index >= 15 is 0 Å². The van der Waals surface area contributed by atoms with Crippen LogP contribution in [0.1, 0.15) is 19.9 Å². The van der Waals surface area contributed by atoms with Crippen LogP contribution in [-0.4, -0.2) is 41.4 Å². The first-order chi connectivity index (χ1) is 8.61. The van der Waals surface area contributed by atoms with E-state index in [9.17, 15) is 9.90 Å². The first-order valence-corrected chi connectivity index (χ1v) is 6.97. The summed E-state index contributed by atoms with van der Waals surface area (Å²) in [6, 6.07) is -1.18. The standard InChI is InChI=1S/C10H13Cl4N3O2/c1-9(2,3-11)7(18)6(8(19)10(12,13)14)17-5-15-4-16-17/h4-6,8,19H,3H2,1-2H3. The molecule has 1 aromatic heterocycles. The minimum absolute atomic E-state index is 0.0591. The highest BCUT2D eigenvalue weighted by atomic mass is 35.6. The van der Waals surface area contributed by atoms with E-state index < -0.39 is 27.1 Å². The molecule has 5 nitrogen and oxygen atoms in total. The van der Waals surface area contributed by atoms with Crippen LogP contribution in [0.25, 0.3) is 0 Å². The monoisotopic (exact) mass is 347 g/mol.